The van der Waals surface area contributed by atoms with E-state index in [1.807, 2.05) is 0 Å². The number of unbranched alkanes of at least 4 members (excludes halogenated alkanes) is 38. The first-order valence-electron chi connectivity index (χ1n) is 30.0. The molecule has 0 aromatic heterocycles. The summed E-state index contributed by atoms with van der Waals surface area (Å²) in [6.07, 6.45) is 68.7. The van der Waals surface area contributed by atoms with Gasteiger partial charge >= 0.3 is 17.9 Å². The van der Waals surface area contributed by atoms with Gasteiger partial charge in [-0.15, -0.1) is 0 Å². The summed E-state index contributed by atoms with van der Waals surface area (Å²) < 4.78 is 16.8. The molecule has 0 N–H and O–H groups in total. The molecule has 398 valence electrons. The van der Waals surface area contributed by atoms with Gasteiger partial charge in [-0.1, -0.05) is 250 Å². The van der Waals surface area contributed by atoms with Crippen LogP contribution in [0.15, 0.2) is 36.5 Å². The van der Waals surface area contributed by atoms with E-state index in [9.17, 15) is 14.4 Å². The Bertz CT molecular complexity index is 1140. The lowest BCUT2D eigenvalue weighted by molar-refractivity contribution is -0.167. The van der Waals surface area contributed by atoms with Crippen LogP contribution in [0.2, 0.25) is 0 Å². The van der Waals surface area contributed by atoms with Gasteiger partial charge in [0.1, 0.15) is 13.2 Å². The molecule has 0 aliphatic carbocycles. The number of hydrogen-bond acceptors (Lipinski definition) is 6. The first-order chi connectivity index (χ1) is 33.5. The van der Waals surface area contributed by atoms with Crippen LogP contribution in [-0.2, 0) is 28.6 Å². The molecule has 0 aliphatic rings. The monoisotopic (exact) mass is 955 g/mol. The summed E-state index contributed by atoms with van der Waals surface area (Å²) in [6, 6.07) is 0. The van der Waals surface area contributed by atoms with Crippen LogP contribution in [0.25, 0.3) is 0 Å². The van der Waals surface area contributed by atoms with E-state index < -0.39 is 6.10 Å². The number of esters is 3. The normalized spacial score (nSPS) is 12.2. The molecule has 0 spiro atoms. The number of carbonyl (C=O) groups excluding carboxylic acids is 3. The van der Waals surface area contributed by atoms with Crippen molar-refractivity contribution in [1.82, 2.24) is 0 Å². The van der Waals surface area contributed by atoms with E-state index in [1.165, 1.54) is 212 Å². The molecule has 0 amide bonds. The SMILES string of the molecule is CCCC/C=C\CCCCCCCC(=O)OCC(COC(=O)CCCCCCCCCCCCCCC/C=C\CCCCCCCCCC)OC(=O)CCCCCCC/C=C\CCCCCCC. The molecular weight excluding hydrogens is 841 g/mol. The summed E-state index contributed by atoms with van der Waals surface area (Å²) in [4.78, 5) is 38.1. The van der Waals surface area contributed by atoms with Crippen LogP contribution in [0.1, 0.15) is 323 Å². The molecule has 0 aliphatic heterocycles. The van der Waals surface area contributed by atoms with Crippen molar-refractivity contribution in [3.8, 4) is 0 Å². The van der Waals surface area contributed by atoms with E-state index in [0.717, 1.165) is 70.6 Å². The van der Waals surface area contributed by atoms with E-state index >= 15 is 0 Å². The zero-order valence-corrected chi connectivity index (χ0v) is 45.6. The van der Waals surface area contributed by atoms with Crippen molar-refractivity contribution in [2.24, 2.45) is 0 Å². The predicted octanol–water partition coefficient (Wildman–Crippen LogP) is 20.0. The lowest BCUT2D eigenvalue weighted by Crippen LogP contribution is -2.30. The van der Waals surface area contributed by atoms with Crippen LogP contribution in [0.3, 0.4) is 0 Å². The summed E-state index contributed by atoms with van der Waals surface area (Å²) in [6.45, 7) is 6.61. The number of carbonyl (C=O) groups is 3. The van der Waals surface area contributed by atoms with Crippen molar-refractivity contribution >= 4 is 17.9 Å². The van der Waals surface area contributed by atoms with E-state index in [4.69, 9.17) is 14.2 Å². The maximum Gasteiger partial charge on any atom is 0.306 e. The fraction of sp³-hybridized carbons (Fsp3) is 0.855. The van der Waals surface area contributed by atoms with Gasteiger partial charge < -0.3 is 14.2 Å². The van der Waals surface area contributed by atoms with Crippen LogP contribution < -0.4 is 0 Å². The zero-order valence-electron chi connectivity index (χ0n) is 45.6. The molecule has 0 rings (SSSR count). The Kier molecular flexibility index (Phi) is 55.2. The van der Waals surface area contributed by atoms with Crippen LogP contribution >= 0.6 is 0 Å². The lowest BCUT2D eigenvalue weighted by atomic mass is 10.0. The zero-order chi connectivity index (χ0) is 49.3. The third-order valence-corrected chi connectivity index (χ3v) is 13.3. The van der Waals surface area contributed by atoms with Gasteiger partial charge in [-0.3, -0.25) is 14.4 Å². The lowest BCUT2D eigenvalue weighted by Gasteiger charge is -2.18. The van der Waals surface area contributed by atoms with Gasteiger partial charge in [0.05, 0.1) is 0 Å². The van der Waals surface area contributed by atoms with Gasteiger partial charge in [-0.25, -0.2) is 0 Å². The van der Waals surface area contributed by atoms with Crippen molar-refractivity contribution in [1.29, 1.82) is 0 Å². The highest BCUT2D eigenvalue weighted by Gasteiger charge is 2.19. The second-order valence-corrected chi connectivity index (χ2v) is 20.2. The highest BCUT2D eigenvalue weighted by atomic mass is 16.6. The summed E-state index contributed by atoms with van der Waals surface area (Å²) in [5.74, 6) is -0.880. The Balaban J connectivity index is 4.20. The minimum Gasteiger partial charge on any atom is -0.462 e. The largest absolute Gasteiger partial charge is 0.462 e. The second kappa shape index (κ2) is 57.2. The smallest absolute Gasteiger partial charge is 0.306 e. The molecule has 6 heteroatoms. The highest BCUT2D eigenvalue weighted by molar-refractivity contribution is 5.71. The molecule has 0 saturated carbocycles. The molecule has 68 heavy (non-hydrogen) atoms. The van der Waals surface area contributed by atoms with Crippen molar-refractivity contribution < 1.29 is 28.6 Å². The van der Waals surface area contributed by atoms with Gasteiger partial charge in [0, 0.05) is 19.3 Å². The number of ether oxygens (including phenoxy) is 3. The number of rotatable bonds is 55. The predicted molar refractivity (Wildman–Crippen MR) is 293 cm³/mol. The maximum atomic E-state index is 12.8. The standard InChI is InChI=1S/C62H114O6/c1-4-7-10-13-16-19-22-24-26-27-28-29-30-31-32-33-34-35-36-38-40-43-46-49-52-55-61(64)67-58-59(57-66-60(63)54-51-48-45-42-39-21-18-15-12-9-6-3)68-62(65)56-53-50-47-44-41-37-25-23-20-17-14-11-8-5-2/h15,18,23,25,27-28,59H,4-14,16-17,19-22,24,26,29-58H2,1-3H3/b18-15-,25-23-,28-27-. The van der Waals surface area contributed by atoms with Crippen LogP contribution in [0, 0.1) is 0 Å². The van der Waals surface area contributed by atoms with Gasteiger partial charge in [-0.2, -0.15) is 0 Å². The average molecular weight is 956 g/mol. The molecule has 1 unspecified atom stereocenters. The topological polar surface area (TPSA) is 78.9 Å². The third kappa shape index (κ3) is 54.6. The Labute approximate surface area is 423 Å². The van der Waals surface area contributed by atoms with Crippen LogP contribution in [-0.4, -0.2) is 37.2 Å². The van der Waals surface area contributed by atoms with Crippen molar-refractivity contribution in [2.45, 2.75) is 329 Å². The van der Waals surface area contributed by atoms with E-state index in [1.54, 1.807) is 0 Å². The summed E-state index contributed by atoms with van der Waals surface area (Å²) in [5, 5.41) is 0. The summed E-state index contributed by atoms with van der Waals surface area (Å²) in [7, 11) is 0. The highest BCUT2D eigenvalue weighted by Crippen LogP contribution is 2.16. The Morgan fingerprint density at radius 3 is 0.779 bits per heavy atom. The molecule has 0 bridgehead atoms. The quantitative estimate of drug-likeness (QED) is 0.0262. The minimum atomic E-state index is -0.777. The molecule has 0 heterocycles. The van der Waals surface area contributed by atoms with E-state index in [-0.39, 0.29) is 31.1 Å². The van der Waals surface area contributed by atoms with Crippen LogP contribution in [0.5, 0.6) is 0 Å². The molecule has 0 radical (unpaired) electrons. The molecule has 0 saturated heterocycles. The first-order valence-corrected chi connectivity index (χ1v) is 30.0. The second-order valence-electron chi connectivity index (χ2n) is 20.2. The fourth-order valence-corrected chi connectivity index (χ4v) is 8.77. The Hall–Kier alpha value is -2.37. The van der Waals surface area contributed by atoms with Crippen molar-refractivity contribution in [2.75, 3.05) is 13.2 Å². The number of hydrogen-bond donors (Lipinski definition) is 0. The Morgan fingerprint density at radius 2 is 0.500 bits per heavy atom. The van der Waals surface area contributed by atoms with Gasteiger partial charge in [0.25, 0.3) is 0 Å². The summed E-state index contributed by atoms with van der Waals surface area (Å²) in [5.41, 5.74) is 0. The van der Waals surface area contributed by atoms with Crippen molar-refractivity contribution in [3.63, 3.8) is 0 Å². The molecule has 1 atom stereocenters. The van der Waals surface area contributed by atoms with Crippen LogP contribution in [0.4, 0.5) is 0 Å². The third-order valence-electron chi connectivity index (χ3n) is 13.3. The minimum absolute atomic E-state index is 0.0756. The van der Waals surface area contributed by atoms with Gasteiger partial charge in [0.2, 0.25) is 0 Å². The molecule has 0 aromatic carbocycles. The maximum absolute atomic E-state index is 12.8. The molecule has 0 aromatic rings. The molecular formula is C62H114O6. The Morgan fingerprint density at radius 1 is 0.279 bits per heavy atom. The van der Waals surface area contributed by atoms with E-state index in [2.05, 4.69) is 57.2 Å². The fourth-order valence-electron chi connectivity index (χ4n) is 8.77. The summed E-state index contributed by atoms with van der Waals surface area (Å²) >= 11 is 0. The van der Waals surface area contributed by atoms with Gasteiger partial charge in [0.15, 0.2) is 6.10 Å². The molecule has 0 fully saturated rings. The average Bonchev–Trinajstić information content (AvgIpc) is 3.34. The molecule has 6 nitrogen and oxygen atoms in total. The van der Waals surface area contributed by atoms with E-state index in [0.29, 0.717) is 19.3 Å². The van der Waals surface area contributed by atoms with Gasteiger partial charge in [-0.05, 0) is 89.9 Å². The number of allylic oxidation sites excluding steroid dienone is 6. The first kappa shape index (κ1) is 65.6. The van der Waals surface area contributed by atoms with Crippen molar-refractivity contribution in [3.05, 3.63) is 36.5 Å².